The number of carbonyl (C=O) groups is 2. The first kappa shape index (κ1) is 15.4. The van der Waals surface area contributed by atoms with E-state index in [0.717, 1.165) is 44.5 Å². The highest BCUT2D eigenvalue weighted by molar-refractivity contribution is 5.88. The van der Waals surface area contributed by atoms with Gasteiger partial charge in [-0.3, -0.25) is 4.79 Å². The minimum Gasteiger partial charge on any atom is -0.462 e. The average Bonchev–Trinajstić information content (AvgIpc) is 2.73. The van der Waals surface area contributed by atoms with Gasteiger partial charge in [-0.2, -0.15) is 0 Å². The Hall–Kier alpha value is -2.04. The van der Waals surface area contributed by atoms with E-state index in [2.05, 4.69) is 0 Å². The SMILES string of the molecule is Cc1ccc(C=CC(=O)OCC(=O)N2CCCCCC2)o1. The van der Waals surface area contributed by atoms with Gasteiger partial charge in [0.15, 0.2) is 6.61 Å². The summed E-state index contributed by atoms with van der Waals surface area (Å²) in [6.45, 7) is 3.16. The summed E-state index contributed by atoms with van der Waals surface area (Å²) in [7, 11) is 0. The second-order valence-electron chi connectivity index (χ2n) is 5.18. The van der Waals surface area contributed by atoms with Crippen LogP contribution in [0.15, 0.2) is 22.6 Å². The van der Waals surface area contributed by atoms with E-state index in [1.807, 2.05) is 13.0 Å². The van der Waals surface area contributed by atoms with E-state index in [-0.39, 0.29) is 12.5 Å². The third kappa shape index (κ3) is 5.10. The maximum Gasteiger partial charge on any atom is 0.331 e. The highest BCUT2D eigenvalue weighted by Gasteiger charge is 2.16. The third-order valence-electron chi connectivity index (χ3n) is 3.44. The normalized spacial score (nSPS) is 16.0. The van der Waals surface area contributed by atoms with Crippen molar-refractivity contribution >= 4 is 18.0 Å². The second kappa shape index (κ2) is 7.67. The molecule has 0 aliphatic carbocycles. The van der Waals surface area contributed by atoms with Crippen LogP contribution in [0, 0.1) is 6.92 Å². The fourth-order valence-electron chi connectivity index (χ4n) is 2.29. The Morgan fingerprint density at radius 3 is 2.57 bits per heavy atom. The maximum absolute atomic E-state index is 11.9. The van der Waals surface area contributed by atoms with E-state index in [4.69, 9.17) is 9.15 Å². The van der Waals surface area contributed by atoms with Gasteiger partial charge >= 0.3 is 5.97 Å². The van der Waals surface area contributed by atoms with Crippen LogP contribution in [0.5, 0.6) is 0 Å². The Labute approximate surface area is 124 Å². The summed E-state index contributed by atoms with van der Waals surface area (Å²) in [6, 6.07) is 3.58. The number of hydrogen-bond acceptors (Lipinski definition) is 4. The molecule has 0 unspecified atom stereocenters. The molecule has 1 aliphatic heterocycles. The number of ether oxygens (including phenoxy) is 1. The molecule has 0 spiro atoms. The predicted molar refractivity (Wildman–Crippen MR) is 78.5 cm³/mol. The summed E-state index contributed by atoms with van der Waals surface area (Å²) in [5.41, 5.74) is 0. The van der Waals surface area contributed by atoms with Gasteiger partial charge in [0.1, 0.15) is 11.5 Å². The van der Waals surface area contributed by atoms with E-state index < -0.39 is 5.97 Å². The molecule has 0 bridgehead atoms. The van der Waals surface area contributed by atoms with Crippen LogP contribution in [0.1, 0.15) is 37.2 Å². The minimum absolute atomic E-state index is 0.118. The lowest BCUT2D eigenvalue weighted by atomic mass is 10.2. The second-order valence-corrected chi connectivity index (χ2v) is 5.18. The lowest BCUT2D eigenvalue weighted by molar-refractivity contribution is -0.148. The van der Waals surface area contributed by atoms with Gasteiger partial charge in [0.05, 0.1) is 0 Å². The number of hydrogen-bond donors (Lipinski definition) is 0. The lowest BCUT2D eigenvalue weighted by Crippen LogP contribution is -2.35. The van der Waals surface area contributed by atoms with Crippen LogP contribution in [0.3, 0.4) is 0 Å². The van der Waals surface area contributed by atoms with E-state index in [0.29, 0.717) is 5.76 Å². The molecular formula is C16H21NO4. The number of carbonyl (C=O) groups excluding carboxylic acids is 2. The predicted octanol–water partition coefficient (Wildman–Crippen LogP) is 2.55. The quantitative estimate of drug-likeness (QED) is 0.632. The van der Waals surface area contributed by atoms with E-state index >= 15 is 0 Å². The first-order chi connectivity index (χ1) is 10.1. The molecule has 5 heteroatoms. The monoisotopic (exact) mass is 291 g/mol. The summed E-state index contributed by atoms with van der Waals surface area (Å²) in [6.07, 6.45) is 7.18. The van der Waals surface area contributed by atoms with Crippen molar-refractivity contribution in [1.29, 1.82) is 0 Å². The molecule has 114 valence electrons. The molecule has 0 N–H and O–H groups in total. The largest absolute Gasteiger partial charge is 0.462 e. The highest BCUT2D eigenvalue weighted by atomic mass is 16.5. The number of nitrogens with zero attached hydrogens (tertiary/aromatic N) is 1. The molecule has 1 fully saturated rings. The van der Waals surface area contributed by atoms with Crippen molar-refractivity contribution in [3.63, 3.8) is 0 Å². The van der Waals surface area contributed by atoms with Gasteiger partial charge in [0.25, 0.3) is 5.91 Å². The zero-order valence-corrected chi connectivity index (χ0v) is 12.3. The molecule has 1 aliphatic rings. The number of aryl methyl sites for hydroxylation is 1. The van der Waals surface area contributed by atoms with Gasteiger partial charge in [0.2, 0.25) is 0 Å². The standard InChI is InChI=1S/C16H21NO4/c1-13-6-7-14(21-13)8-9-16(19)20-12-15(18)17-10-4-2-3-5-11-17/h6-9H,2-5,10-12H2,1H3. The van der Waals surface area contributed by atoms with Gasteiger partial charge in [-0.1, -0.05) is 12.8 Å². The van der Waals surface area contributed by atoms with Crippen molar-refractivity contribution in [3.05, 3.63) is 29.7 Å². The molecule has 5 nitrogen and oxygen atoms in total. The average molecular weight is 291 g/mol. The molecule has 0 saturated carbocycles. The molecule has 2 heterocycles. The number of esters is 1. The van der Waals surface area contributed by atoms with Gasteiger partial charge in [-0.05, 0) is 38.0 Å². The molecule has 1 saturated heterocycles. The van der Waals surface area contributed by atoms with Crippen LogP contribution in [0.25, 0.3) is 6.08 Å². The van der Waals surface area contributed by atoms with Crippen LogP contribution < -0.4 is 0 Å². The van der Waals surface area contributed by atoms with Gasteiger partial charge < -0.3 is 14.1 Å². The Balaban J connectivity index is 1.75. The van der Waals surface area contributed by atoms with Crippen molar-refractivity contribution in [2.45, 2.75) is 32.6 Å². The molecule has 1 aromatic heterocycles. The number of furan rings is 1. The summed E-state index contributed by atoms with van der Waals surface area (Å²) in [4.78, 5) is 25.3. The Morgan fingerprint density at radius 1 is 1.24 bits per heavy atom. The van der Waals surface area contributed by atoms with Crippen LogP contribution in [-0.4, -0.2) is 36.5 Å². The summed E-state index contributed by atoms with van der Waals surface area (Å²) < 4.78 is 10.3. The van der Waals surface area contributed by atoms with Crippen molar-refractivity contribution in [3.8, 4) is 0 Å². The Bertz CT molecular complexity index is 510. The van der Waals surface area contributed by atoms with Crippen LogP contribution in [-0.2, 0) is 14.3 Å². The zero-order chi connectivity index (χ0) is 15.1. The minimum atomic E-state index is -0.535. The summed E-state index contributed by atoms with van der Waals surface area (Å²) in [5.74, 6) is 0.711. The maximum atomic E-state index is 11.9. The van der Waals surface area contributed by atoms with Crippen LogP contribution >= 0.6 is 0 Å². The van der Waals surface area contributed by atoms with Crippen LogP contribution in [0.2, 0.25) is 0 Å². The number of rotatable bonds is 4. The summed E-state index contributed by atoms with van der Waals surface area (Å²) >= 11 is 0. The van der Waals surface area contributed by atoms with Gasteiger partial charge in [0, 0.05) is 19.2 Å². The third-order valence-corrected chi connectivity index (χ3v) is 3.44. The Kier molecular flexibility index (Phi) is 5.60. The highest BCUT2D eigenvalue weighted by Crippen LogP contribution is 2.10. The van der Waals surface area contributed by atoms with E-state index in [9.17, 15) is 9.59 Å². The van der Waals surface area contributed by atoms with E-state index in [1.54, 1.807) is 11.0 Å². The van der Waals surface area contributed by atoms with Crippen molar-refractivity contribution < 1.29 is 18.7 Å². The first-order valence-corrected chi connectivity index (χ1v) is 7.34. The molecule has 0 aromatic carbocycles. The number of likely N-dealkylation sites (tertiary alicyclic amines) is 1. The van der Waals surface area contributed by atoms with Crippen LogP contribution in [0.4, 0.5) is 0 Å². The Morgan fingerprint density at radius 2 is 1.95 bits per heavy atom. The van der Waals surface area contributed by atoms with Gasteiger partial charge in [-0.15, -0.1) is 0 Å². The van der Waals surface area contributed by atoms with Crippen molar-refractivity contribution in [1.82, 2.24) is 4.90 Å². The molecular weight excluding hydrogens is 270 g/mol. The fraction of sp³-hybridized carbons (Fsp3) is 0.500. The molecule has 1 aromatic rings. The molecule has 0 radical (unpaired) electrons. The first-order valence-electron chi connectivity index (χ1n) is 7.34. The molecule has 0 atom stereocenters. The molecule has 1 amide bonds. The molecule has 2 rings (SSSR count). The molecule has 21 heavy (non-hydrogen) atoms. The topological polar surface area (TPSA) is 59.8 Å². The fourth-order valence-corrected chi connectivity index (χ4v) is 2.29. The van der Waals surface area contributed by atoms with E-state index in [1.165, 1.54) is 12.2 Å². The summed E-state index contributed by atoms with van der Waals surface area (Å²) in [5, 5.41) is 0. The van der Waals surface area contributed by atoms with Gasteiger partial charge in [-0.25, -0.2) is 4.79 Å². The zero-order valence-electron chi connectivity index (χ0n) is 12.3. The lowest BCUT2D eigenvalue weighted by Gasteiger charge is -2.19. The van der Waals surface area contributed by atoms with Crippen molar-refractivity contribution in [2.75, 3.05) is 19.7 Å². The number of amides is 1. The smallest absolute Gasteiger partial charge is 0.331 e. The van der Waals surface area contributed by atoms with Crippen molar-refractivity contribution in [2.24, 2.45) is 0 Å².